The maximum Gasteiger partial charge on any atom is 0.341 e. The van der Waals surface area contributed by atoms with Gasteiger partial charge in [-0.3, -0.25) is 4.79 Å². The van der Waals surface area contributed by atoms with E-state index < -0.39 is 20.5 Å². The fourth-order valence-electron chi connectivity index (χ4n) is 2.32. The molecule has 0 radical (unpaired) electrons. The lowest BCUT2D eigenvalue weighted by Crippen LogP contribution is -2.15. The minimum Gasteiger partial charge on any atom is -0.497 e. The summed E-state index contributed by atoms with van der Waals surface area (Å²) in [6, 6.07) is 9.93. The zero-order chi connectivity index (χ0) is 20.3. The second-order valence-corrected chi connectivity index (χ2v) is 8.47. The Labute approximate surface area is 163 Å². The third-order valence-electron chi connectivity index (χ3n) is 3.71. The first-order valence-corrected chi connectivity index (χ1v) is 10.4. The Kier molecular flexibility index (Phi) is 5.84. The molecule has 3 aromatic rings. The zero-order valence-corrected chi connectivity index (χ0v) is 16.1. The number of imidazole rings is 1. The molecule has 0 aliphatic heterocycles. The molecule has 1 aromatic heterocycles. The Balaban J connectivity index is 1.60. The van der Waals surface area contributed by atoms with E-state index in [0.717, 1.165) is 23.2 Å². The number of carbonyl (C=O) groups excluding carboxylic acids is 1. The van der Waals surface area contributed by atoms with Crippen molar-refractivity contribution in [2.75, 3.05) is 18.2 Å². The Morgan fingerprint density at radius 2 is 1.96 bits per heavy atom. The number of thioether (sulfide) groups is 1. The molecule has 0 spiro atoms. The van der Waals surface area contributed by atoms with Crippen LogP contribution in [0.3, 0.4) is 0 Å². The summed E-state index contributed by atoms with van der Waals surface area (Å²) in [7, 11) is -3.10. The highest BCUT2D eigenvalue weighted by atomic mass is 32.2. The SMILES string of the molecule is COc1ccc2nc(SCC(=O)Nc3ccc(S(=O)(=O)C(F)F)cc3)[nH]c2c1. The number of nitrogens with zero attached hydrogens (tertiary/aromatic N) is 1. The number of nitrogens with one attached hydrogen (secondary N) is 2. The molecular weight excluding hydrogens is 412 g/mol. The van der Waals surface area contributed by atoms with Crippen molar-refractivity contribution < 1.29 is 26.7 Å². The number of fused-ring (bicyclic) bond motifs is 1. The van der Waals surface area contributed by atoms with Crippen molar-refractivity contribution in [1.82, 2.24) is 9.97 Å². The van der Waals surface area contributed by atoms with Crippen LogP contribution in [-0.4, -0.2) is 42.9 Å². The van der Waals surface area contributed by atoms with Gasteiger partial charge in [-0.2, -0.15) is 8.78 Å². The molecule has 0 unspecified atom stereocenters. The number of H-pyrrole nitrogens is 1. The summed E-state index contributed by atoms with van der Waals surface area (Å²) in [5, 5.41) is 3.12. The van der Waals surface area contributed by atoms with Crippen LogP contribution in [-0.2, 0) is 14.6 Å². The molecule has 11 heteroatoms. The number of carbonyl (C=O) groups is 1. The van der Waals surface area contributed by atoms with Gasteiger partial charge in [-0.1, -0.05) is 11.8 Å². The largest absolute Gasteiger partial charge is 0.497 e. The van der Waals surface area contributed by atoms with E-state index in [1.54, 1.807) is 25.3 Å². The van der Waals surface area contributed by atoms with Crippen LogP contribution >= 0.6 is 11.8 Å². The summed E-state index contributed by atoms with van der Waals surface area (Å²) in [5.74, 6) is -3.11. The van der Waals surface area contributed by atoms with Gasteiger partial charge in [0.1, 0.15) is 5.75 Å². The number of halogens is 2. The predicted octanol–water partition coefficient (Wildman–Crippen LogP) is 3.30. The van der Waals surface area contributed by atoms with Crippen molar-refractivity contribution >= 4 is 44.2 Å². The molecular formula is C17H15F2N3O4S2. The van der Waals surface area contributed by atoms with Crippen LogP contribution in [0.5, 0.6) is 5.75 Å². The molecule has 0 fully saturated rings. The quantitative estimate of drug-likeness (QED) is 0.561. The third-order valence-corrected chi connectivity index (χ3v) is 5.98. The Hall–Kier alpha value is -2.66. The Bertz CT molecular complexity index is 1100. The van der Waals surface area contributed by atoms with Gasteiger partial charge in [-0.05, 0) is 36.4 Å². The molecule has 3 rings (SSSR count). The van der Waals surface area contributed by atoms with Crippen LogP contribution in [0.4, 0.5) is 14.5 Å². The topological polar surface area (TPSA) is 101 Å². The lowest BCUT2D eigenvalue weighted by molar-refractivity contribution is -0.113. The molecule has 1 amide bonds. The average Bonchev–Trinajstić information content (AvgIpc) is 3.08. The van der Waals surface area contributed by atoms with Crippen LogP contribution in [0.15, 0.2) is 52.5 Å². The Morgan fingerprint density at radius 1 is 1.25 bits per heavy atom. The first kappa shape index (κ1) is 20.1. The van der Waals surface area contributed by atoms with Crippen LogP contribution in [0, 0.1) is 0 Å². The molecule has 0 atom stereocenters. The highest BCUT2D eigenvalue weighted by Gasteiger charge is 2.26. The summed E-state index contributed by atoms with van der Waals surface area (Å²) >= 11 is 1.18. The number of rotatable bonds is 7. The van der Waals surface area contributed by atoms with Crippen molar-refractivity contribution in [3.63, 3.8) is 0 Å². The van der Waals surface area contributed by atoms with Crippen LogP contribution < -0.4 is 10.1 Å². The van der Waals surface area contributed by atoms with E-state index in [9.17, 15) is 22.0 Å². The number of anilines is 1. The van der Waals surface area contributed by atoms with Gasteiger partial charge in [-0.15, -0.1) is 0 Å². The van der Waals surface area contributed by atoms with E-state index in [4.69, 9.17) is 4.74 Å². The number of methoxy groups -OCH3 is 1. The van der Waals surface area contributed by atoms with Crippen molar-refractivity contribution in [3.8, 4) is 5.75 Å². The van der Waals surface area contributed by atoms with Crippen LogP contribution in [0.2, 0.25) is 0 Å². The monoisotopic (exact) mass is 427 g/mol. The first-order valence-electron chi connectivity index (χ1n) is 7.88. The molecule has 1 heterocycles. The third kappa shape index (κ3) is 4.42. The smallest absolute Gasteiger partial charge is 0.341 e. The van der Waals surface area contributed by atoms with E-state index >= 15 is 0 Å². The lowest BCUT2D eigenvalue weighted by atomic mass is 10.3. The number of alkyl halides is 2. The summed E-state index contributed by atoms with van der Waals surface area (Å²) < 4.78 is 52.9. The van der Waals surface area contributed by atoms with Gasteiger partial charge < -0.3 is 15.0 Å². The van der Waals surface area contributed by atoms with Crippen molar-refractivity contribution in [1.29, 1.82) is 0 Å². The number of hydrogen-bond acceptors (Lipinski definition) is 6. The molecule has 0 saturated heterocycles. The number of aromatic amines is 1. The second kappa shape index (κ2) is 8.15. The van der Waals surface area contributed by atoms with Gasteiger partial charge in [0.25, 0.3) is 0 Å². The predicted molar refractivity (Wildman–Crippen MR) is 102 cm³/mol. The van der Waals surface area contributed by atoms with Crippen molar-refractivity contribution in [2.45, 2.75) is 15.8 Å². The van der Waals surface area contributed by atoms with E-state index in [0.29, 0.717) is 16.6 Å². The van der Waals surface area contributed by atoms with Gasteiger partial charge in [0, 0.05) is 11.8 Å². The second-order valence-electron chi connectivity index (χ2n) is 5.59. The van der Waals surface area contributed by atoms with Gasteiger partial charge in [0.2, 0.25) is 15.7 Å². The molecule has 0 saturated carbocycles. The maximum absolute atomic E-state index is 12.5. The fraction of sp³-hybridized carbons (Fsp3) is 0.176. The minimum absolute atomic E-state index is 0.0496. The molecule has 2 N–H and O–H groups in total. The van der Waals surface area contributed by atoms with Gasteiger partial charge in [0.05, 0.1) is 28.8 Å². The summed E-state index contributed by atoms with van der Waals surface area (Å²) in [5.41, 5.74) is 1.81. The standard InChI is InChI=1S/C17H15F2N3O4S2/c1-26-11-4-7-13-14(8-11)22-17(21-13)27-9-15(23)20-10-2-5-12(6-3-10)28(24,25)16(18)19/h2-8,16H,9H2,1H3,(H,20,23)(H,21,22). The maximum atomic E-state index is 12.5. The molecule has 148 valence electrons. The number of amides is 1. The van der Waals surface area contributed by atoms with E-state index in [1.165, 1.54) is 23.9 Å². The van der Waals surface area contributed by atoms with Gasteiger partial charge in [-0.25, -0.2) is 13.4 Å². The molecule has 0 aliphatic rings. The summed E-state index contributed by atoms with van der Waals surface area (Å²) in [6.07, 6.45) is 0. The highest BCUT2D eigenvalue weighted by Crippen LogP contribution is 2.24. The van der Waals surface area contributed by atoms with Crippen LogP contribution in [0.1, 0.15) is 0 Å². The van der Waals surface area contributed by atoms with Crippen molar-refractivity contribution in [3.05, 3.63) is 42.5 Å². The molecule has 0 aliphatic carbocycles. The number of benzene rings is 2. The van der Waals surface area contributed by atoms with E-state index in [2.05, 4.69) is 15.3 Å². The van der Waals surface area contributed by atoms with E-state index in [-0.39, 0.29) is 11.7 Å². The lowest BCUT2D eigenvalue weighted by Gasteiger charge is -2.06. The van der Waals surface area contributed by atoms with Crippen molar-refractivity contribution in [2.24, 2.45) is 0 Å². The number of sulfone groups is 1. The highest BCUT2D eigenvalue weighted by molar-refractivity contribution is 7.99. The first-order chi connectivity index (χ1) is 13.3. The normalized spacial score (nSPS) is 11.7. The van der Waals surface area contributed by atoms with Crippen LogP contribution in [0.25, 0.3) is 11.0 Å². The molecule has 7 nitrogen and oxygen atoms in total. The zero-order valence-electron chi connectivity index (χ0n) is 14.5. The Morgan fingerprint density at radius 3 is 2.61 bits per heavy atom. The number of aromatic nitrogens is 2. The molecule has 0 bridgehead atoms. The fourth-order valence-corrected chi connectivity index (χ4v) is 3.73. The van der Waals surface area contributed by atoms with Gasteiger partial charge >= 0.3 is 5.76 Å². The molecule has 28 heavy (non-hydrogen) atoms. The molecule has 2 aromatic carbocycles. The minimum atomic E-state index is -4.66. The number of ether oxygens (including phenoxy) is 1. The average molecular weight is 427 g/mol. The summed E-state index contributed by atoms with van der Waals surface area (Å²) in [6.45, 7) is 0. The van der Waals surface area contributed by atoms with Gasteiger partial charge in [0.15, 0.2) is 5.16 Å². The summed E-state index contributed by atoms with van der Waals surface area (Å²) in [4.78, 5) is 19.0. The number of hydrogen-bond donors (Lipinski definition) is 2. The van der Waals surface area contributed by atoms with E-state index in [1.807, 2.05) is 0 Å².